The second-order valence-electron chi connectivity index (χ2n) is 7.34. The highest BCUT2D eigenvalue weighted by Crippen LogP contribution is 2.29. The molecule has 2 unspecified atom stereocenters. The lowest BCUT2D eigenvalue weighted by Gasteiger charge is -2.18. The van der Waals surface area contributed by atoms with Crippen molar-refractivity contribution in [3.05, 3.63) is 90.0 Å². The molecule has 4 nitrogen and oxygen atoms in total. The molecule has 1 heterocycles. The van der Waals surface area contributed by atoms with Gasteiger partial charge in [0.2, 0.25) is 0 Å². The standard InChI is InChI=1S/C23H25F5N3OP/c1-14(11-29-16(3)18-5-7-19(8-6-18)23(26,27)28)15(2)31-17(4)21-10-9-20(12-30-21)32-13-22(24,25)33/h5-12,17,29,31H,2-3,13,33H2,1,4H3/b14-11+. The number of allylic oxidation sites excluding steroid dienone is 1. The van der Waals surface area contributed by atoms with Crippen LogP contribution in [0.15, 0.2) is 73.2 Å². The first-order chi connectivity index (χ1) is 15.3. The van der Waals surface area contributed by atoms with Gasteiger partial charge >= 0.3 is 6.18 Å². The van der Waals surface area contributed by atoms with E-state index in [0.717, 1.165) is 17.7 Å². The highest BCUT2D eigenvalue weighted by Gasteiger charge is 2.30. The third-order valence-electron chi connectivity index (χ3n) is 4.52. The van der Waals surface area contributed by atoms with Gasteiger partial charge in [0.15, 0.2) is 6.61 Å². The summed E-state index contributed by atoms with van der Waals surface area (Å²) in [6.07, 6.45) is -1.39. The Labute approximate surface area is 191 Å². The highest BCUT2D eigenvalue weighted by atomic mass is 31.0. The molecule has 0 saturated carbocycles. The Balaban J connectivity index is 1.91. The summed E-state index contributed by atoms with van der Waals surface area (Å²) in [5.41, 5.74) is -0.829. The van der Waals surface area contributed by atoms with Crippen LogP contribution in [0.25, 0.3) is 5.70 Å². The molecule has 0 aliphatic carbocycles. The molecule has 10 heteroatoms. The largest absolute Gasteiger partial charge is 0.485 e. The predicted molar refractivity (Wildman–Crippen MR) is 122 cm³/mol. The van der Waals surface area contributed by atoms with Gasteiger partial charge in [0.25, 0.3) is 5.66 Å². The van der Waals surface area contributed by atoms with Gasteiger partial charge < -0.3 is 15.4 Å². The molecule has 0 spiro atoms. The summed E-state index contributed by atoms with van der Waals surface area (Å²) in [5.74, 6) is 0.231. The van der Waals surface area contributed by atoms with E-state index in [1.165, 1.54) is 27.6 Å². The molecule has 1 aromatic carbocycles. The van der Waals surface area contributed by atoms with Crippen LogP contribution in [-0.2, 0) is 6.18 Å². The zero-order chi connectivity index (χ0) is 24.8. The van der Waals surface area contributed by atoms with Gasteiger partial charge in [-0.2, -0.15) is 22.0 Å². The minimum Gasteiger partial charge on any atom is -0.485 e. The lowest BCUT2D eigenvalue weighted by molar-refractivity contribution is -0.137. The summed E-state index contributed by atoms with van der Waals surface area (Å²) in [7, 11) is 1.41. The van der Waals surface area contributed by atoms with Crippen LogP contribution in [-0.4, -0.2) is 17.3 Å². The van der Waals surface area contributed by atoms with Gasteiger partial charge in [0.05, 0.1) is 23.5 Å². The van der Waals surface area contributed by atoms with Crippen molar-refractivity contribution in [3.63, 3.8) is 0 Å². The first kappa shape index (κ1) is 26.3. The van der Waals surface area contributed by atoms with Gasteiger partial charge in [-0.05, 0) is 49.2 Å². The maximum atomic E-state index is 12.8. The molecule has 0 saturated heterocycles. The SMILES string of the molecule is C=C(NC(C)c1ccc(OCC(F)(F)P)cn1)/C(C)=C/NC(=C)c1ccc(C(F)(F)F)cc1. The van der Waals surface area contributed by atoms with E-state index in [0.29, 0.717) is 22.7 Å². The van der Waals surface area contributed by atoms with Gasteiger partial charge in [-0.3, -0.25) is 4.98 Å². The van der Waals surface area contributed by atoms with Crippen LogP contribution in [0.4, 0.5) is 22.0 Å². The van der Waals surface area contributed by atoms with Crippen molar-refractivity contribution < 1.29 is 26.7 Å². The topological polar surface area (TPSA) is 46.2 Å². The molecule has 2 aromatic rings. The van der Waals surface area contributed by atoms with Crippen LogP contribution in [0, 0.1) is 0 Å². The first-order valence-corrected chi connectivity index (χ1v) is 10.3. The van der Waals surface area contributed by atoms with Crippen LogP contribution in [0.1, 0.15) is 36.7 Å². The van der Waals surface area contributed by atoms with Crippen molar-refractivity contribution in [2.75, 3.05) is 6.61 Å². The Bertz CT molecular complexity index is 997. The molecule has 0 fully saturated rings. The molecule has 2 rings (SSSR count). The predicted octanol–water partition coefficient (Wildman–Crippen LogP) is 6.28. The van der Waals surface area contributed by atoms with E-state index in [-0.39, 0.29) is 11.8 Å². The number of nitrogens with one attached hydrogen (secondary N) is 2. The van der Waals surface area contributed by atoms with Crippen LogP contribution in [0.3, 0.4) is 0 Å². The third kappa shape index (κ3) is 8.50. The minimum atomic E-state index is -4.39. The number of pyridine rings is 1. The molecule has 178 valence electrons. The number of nitrogens with zero attached hydrogens (tertiary/aromatic N) is 1. The fraction of sp³-hybridized carbons (Fsp3) is 0.261. The second-order valence-corrected chi connectivity index (χ2v) is 8.18. The van der Waals surface area contributed by atoms with Gasteiger partial charge in [-0.1, -0.05) is 34.5 Å². The van der Waals surface area contributed by atoms with Crippen molar-refractivity contribution in [2.24, 2.45) is 0 Å². The summed E-state index contributed by atoms with van der Waals surface area (Å²) in [5, 5.41) is 6.13. The maximum Gasteiger partial charge on any atom is 0.416 e. The lowest BCUT2D eigenvalue weighted by atomic mass is 10.1. The third-order valence-corrected chi connectivity index (χ3v) is 4.69. The maximum absolute atomic E-state index is 12.8. The molecular formula is C23H25F5N3OP. The number of hydrogen-bond acceptors (Lipinski definition) is 4. The smallest absolute Gasteiger partial charge is 0.416 e. The molecule has 0 radical (unpaired) electrons. The van der Waals surface area contributed by atoms with Crippen molar-refractivity contribution in [2.45, 2.75) is 31.7 Å². The summed E-state index contributed by atoms with van der Waals surface area (Å²) in [4.78, 5) is 4.22. The molecule has 0 bridgehead atoms. The highest BCUT2D eigenvalue weighted by molar-refractivity contribution is 7.18. The fourth-order valence-corrected chi connectivity index (χ4v) is 2.67. The summed E-state index contributed by atoms with van der Waals surface area (Å²) in [6.45, 7) is 10.7. The van der Waals surface area contributed by atoms with Crippen LogP contribution in [0.2, 0.25) is 0 Å². The van der Waals surface area contributed by atoms with Crippen LogP contribution < -0.4 is 15.4 Å². The van der Waals surface area contributed by atoms with E-state index in [9.17, 15) is 22.0 Å². The number of benzene rings is 1. The Kier molecular flexibility index (Phi) is 8.61. The molecule has 33 heavy (non-hydrogen) atoms. The molecular weight excluding hydrogens is 460 g/mol. The number of halogens is 5. The van der Waals surface area contributed by atoms with E-state index in [1.54, 1.807) is 25.3 Å². The zero-order valence-corrected chi connectivity index (χ0v) is 19.3. The fourth-order valence-electron chi connectivity index (χ4n) is 2.59. The minimum absolute atomic E-state index is 0.231. The van der Waals surface area contributed by atoms with Gasteiger partial charge in [-0.25, -0.2) is 0 Å². The number of aromatic nitrogens is 1. The summed E-state index contributed by atoms with van der Waals surface area (Å²) < 4.78 is 68.7. The second kappa shape index (κ2) is 10.8. The lowest BCUT2D eigenvalue weighted by Crippen LogP contribution is -2.20. The molecule has 2 N–H and O–H groups in total. The molecule has 2 atom stereocenters. The number of ether oxygens (including phenoxy) is 1. The number of rotatable bonds is 10. The Morgan fingerprint density at radius 2 is 1.76 bits per heavy atom. The summed E-state index contributed by atoms with van der Waals surface area (Å²) in [6, 6.07) is 7.65. The molecule has 0 aliphatic heterocycles. The Morgan fingerprint density at radius 1 is 1.12 bits per heavy atom. The van der Waals surface area contributed by atoms with Crippen molar-refractivity contribution in [1.82, 2.24) is 15.6 Å². The van der Waals surface area contributed by atoms with Crippen molar-refractivity contribution in [3.8, 4) is 5.75 Å². The number of alkyl halides is 5. The normalized spacial score (nSPS) is 13.3. The van der Waals surface area contributed by atoms with Gasteiger partial charge in [0, 0.05) is 17.6 Å². The van der Waals surface area contributed by atoms with Crippen LogP contribution in [0.5, 0.6) is 5.75 Å². The molecule has 1 aromatic heterocycles. The van der Waals surface area contributed by atoms with E-state index in [1.807, 2.05) is 6.92 Å². The average molecular weight is 485 g/mol. The molecule has 0 amide bonds. The first-order valence-electron chi connectivity index (χ1n) is 9.77. The number of hydrogen-bond donors (Lipinski definition) is 2. The quantitative estimate of drug-likeness (QED) is 0.236. The Morgan fingerprint density at radius 3 is 2.27 bits per heavy atom. The van der Waals surface area contributed by atoms with Crippen LogP contribution >= 0.6 is 9.24 Å². The van der Waals surface area contributed by atoms with Gasteiger partial charge in [-0.15, -0.1) is 0 Å². The Hall–Kier alpha value is -2.93. The zero-order valence-electron chi connectivity index (χ0n) is 18.1. The monoisotopic (exact) mass is 485 g/mol. The van der Waals surface area contributed by atoms with Gasteiger partial charge in [0.1, 0.15) is 5.75 Å². The molecule has 0 aliphatic rings. The van der Waals surface area contributed by atoms with Crippen molar-refractivity contribution in [1.29, 1.82) is 0 Å². The van der Waals surface area contributed by atoms with E-state index < -0.39 is 24.0 Å². The van der Waals surface area contributed by atoms with E-state index in [2.05, 4.69) is 28.8 Å². The van der Waals surface area contributed by atoms with E-state index >= 15 is 0 Å². The van der Waals surface area contributed by atoms with Crippen molar-refractivity contribution >= 4 is 14.9 Å². The summed E-state index contributed by atoms with van der Waals surface area (Å²) >= 11 is 0. The van der Waals surface area contributed by atoms with E-state index in [4.69, 9.17) is 4.74 Å². The average Bonchev–Trinajstić information content (AvgIpc) is 2.75.